The first kappa shape index (κ1) is 15.2. The van der Waals surface area contributed by atoms with Crippen molar-refractivity contribution in [3.8, 4) is 6.07 Å². The van der Waals surface area contributed by atoms with Gasteiger partial charge in [-0.2, -0.15) is 14.7 Å². The smallest absolute Gasteiger partial charge is 0.215 e. The standard InChI is InChI=1S/C14H19N5O2S/c1-18(2)13-7-11-8-19(6-3-12(11)16-17-13)22(20,21)10-14(9-15)4-5-14/h7H,3-6,8,10H2,1-2H3. The van der Waals surface area contributed by atoms with Gasteiger partial charge in [-0.05, 0) is 24.5 Å². The lowest BCUT2D eigenvalue weighted by Gasteiger charge is -2.28. The summed E-state index contributed by atoms with van der Waals surface area (Å²) in [5, 5.41) is 17.4. The highest BCUT2D eigenvalue weighted by molar-refractivity contribution is 7.89. The average Bonchev–Trinajstić information content (AvgIpc) is 3.25. The van der Waals surface area contributed by atoms with Crippen LogP contribution in [0.25, 0.3) is 0 Å². The summed E-state index contributed by atoms with van der Waals surface area (Å²) in [7, 11) is 0.328. The molecule has 1 fully saturated rings. The van der Waals surface area contributed by atoms with E-state index in [0.29, 0.717) is 38.2 Å². The van der Waals surface area contributed by atoms with E-state index in [2.05, 4.69) is 16.3 Å². The zero-order chi connectivity index (χ0) is 16.0. The van der Waals surface area contributed by atoms with Gasteiger partial charge in [0, 0.05) is 33.6 Å². The molecule has 0 aromatic carbocycles. The highest BCUT2D eigenvalue weighted by Gasteiger charge is 2.48. The molecule has 1 saturated carbocycles. The maximum Gasteiger partial charge on any atom is 0.215 e. The topological polar surface area (TPSA) is 90.2 Å². The second kappa shape index (κ2) is 5.18. The largest absolute Gasteiger partial charge is 0.361 e. The van der Waals surface area contributed by atoms with E-state index >= 15 is 0 Å². The molecular weight excluding hydrogens is 302 g/mol. The van der Waals surface area contributed by atoms with Gasteiger partial charge >= 0.3 is 0 Å². The van der Waals surface area contributed by atoms with Crippen LogP contribution in [0.4, 0.5) is 5.82 Å². The van der Waals surface area contributed by atoms with Crippen molar-refractivity contribution in [3.63, 3.8) is 0 Å². The quantitative estimate of drug-likeness (QED) is 0.804. The highest BCUT2D eigenvalue weighted by Crippen LogP contribution is 2.46. The molecule has 0 bridgehead atoms. The van der Waals surface area contributed by atoms with Crippen LogP contribution in [-0.4, -0.2) is 49.3 Å². The van der Waals surface area contributed by atoms with Gasteiger partial charge in [0.25, 0.3) is 0 Å². The number of nitriles is 1. The van der Waals surface area contributed by atoms with Crippen molar-refractivity contribution in [2.24, 2.45) is 5.41 Å². The third-order valence-corrected chi connectivity index (χ3v) is 6.31. The molecule has 1 aliphatic heterocycles. The van der Waals surface area contributed by atoms with Gasteiger partial charge in [0.2, 0.25) is 10.0 Å². The van der Waals surface area contributed by atoms with Gasteiger partial charge in [0.15, 0.2) is 5.82 Å². The van der Waals surface area contributed by atoms with Crippen LogP contribution in [0, 0.1) is 16.7 Å². The Kier molecular flexibility index (Phi) is 3.57. The van der Waals surface area contributed by atoms with E-state index in [4.69, 9.17) is 5.26 Å². The van der Waals surface area contributed by atoms with E-state index < -0.39 is 15.4 Å². The first-order chi connectivity index (χ1) is 10.4. The lowest BCUT2D eigenvalue weighted by molar-refractivity contribution is 0.383. The van der Waals surface area contributed by atoms with Gasteiger partial charge < -0.3 is 4.90 Å². The summed E-state index contributed by atoms with van der Waals surface area (Å²) in [4.78, 5) is 1.84. The summed E-state index contributed by atoms with van der Waals surface area (Å²) < 4.78 is 26.6. The van der Waals surface area contributed by atoms with Crippen molar-refractivity contribution in [3.05, 3.63) is 17.3 Å². The molecule has 7 nitrogen and oxygen atoms in total. The molecule has 0 saturated heterocycles. The highest BCUT2D eigenvalue weighted by atomic mass is 32.2. The molecule has 3 rings (SSSR count). The van der Waals surface area contributed by atoms with Crippen molar-refractivity contribution < 1.29 is 8.42 Å². The van der Waals surface area contributed by atoms with Crippen LogP contribution in [0.5, 0.6) is 0 Å². The minimum Gasteiger partial charge on any atom is -0.361 e. The molecule has 0 atom stereocenters. The molecular formula is C14H19N5O2S. The van der Waals surface area contributed by atoms with Crippen LogP contribution in [-0.2, 0) is 23.0 Å². The molecule has 2 aliphatic rings. The van der Waals surface area contributed by atoms with E-state index in [0.717, 1.165) is 11.3 Å². The molecule has 0 spiro atoms. The summed E-state index contributed by atoms with van der Waals surface area (Å²) in [5.74, 6) is 0.652. The maximum atomic E-state index is 12.6. The Morgan fingerprint density at radius 3 is 2.73 bits per heavy atom. The van der Waals surface area contributed by atoms with Gasteiger partial charge in [-0.15, -0.1) is 5.10 Å². The van der Waals surface area contributed by atoms with Gasteiger partial charge in [0.1, 0.15) is 0 Å². The van der Waals surface area contributed by atoms with E-state index in [-0.39, 0.29) is 5.75 Å². The molecule has 1 aromatic heterocycles. The van der Waals surface area contributed by atoms with Gasteiger partial charge in [-0.25, -0.2) is 8.42 Å². The molecule has 1 aliphatic carbocycles. The fraction of sp³-hybridized carbons (Fsp3) is 0.643. The predicted octanol–water partition coefficient (Wildman–Crippen LogP) is 0.534. The number of hydrogen-bond acceptors (Lipinski definition) is 6. The zero-order valence-electron chi connectivity index (χ0n) is 12.8. The molecule has 22 heavy (non-hydrogen) atoms. The fourth-order valence-electron chi connectivity index (χ4n) is 2.63. The van der Waals surface area contributed by atoms with Crippen LogP contribution >= 0.6 is 0 Å². The van der Waals surface area contributed by atoms with Crippen LogP contribution in [0.15, 0.2) is 6.07 Å². The van der Waals surface area contributed by atoms with Gasteiger partial charge in [0.05, 0.1) is 22.9 Å². The Bertz CT molecular complexity index is 734. The first-order valence-electron chi connectivity index (χ1n) is 7.27. The number of sulfonamides is 1. The van der Waals surface area contributed by atoms with E-state index in [9.17, 15) is 8.42 Å². The third kappa shape index (κ3) is 2.78. The molecule has 2 heterocycles. The van der Waals surface area contributed by atoms with Gasteiger partial charge in [-0.1, -0.05) is 0 Å². The molecule has 0 amide bonds. The van der Waals surface area contributed by atoms with Crippen molar-refractivity contribution >= 4 is 15.8 Å². The number of hydrogen-bond donors (Lipinski definition) is 0. The normalized spacial score (nSPS) is 20.0. The molecule has 1 aromatic rings. The molecule has 8 heteroatoms. The van der Waals surface area contributed by atoms with Crippen molar-refractivity contribution in [1.82, 2.24) is 14.5 Å². The summed E-state index contributed by atoms with van der Waals surface area (Å²) in [6.07, 6.45) is 1.93. The van der Waals surface area contributed by atoms with Gasteiger partial charge in [-0.3, -0.25) is 0 Å². The van der Waals surface area contributed by atoms with E-state index in [1.165, 1.54) is 4.31 Å². The Labute approximate surface area is 130 Å². The Morgan fingerprint density at radius 2 is 2.14 bits per heavy atom. The average molecular weight is 321 g/mol. The van der Waals surface area contributed by atoms with Crippen molar-refractivity contribution in [2.75, 3.05) is 31.3 Å². The van der Waals surface area contributed by atoms with E-state index in [1.54, 1.807) is 0 Å². The molecule has 118 valence electrons. The maximum absolute atomic E-state index is 12.6. The summed E-state index contributed by atoms with van der Waals surface area (Å²) >= 11 is 0. The minimum atomic E-state index is -3.42. The van der Waals surface area contributed by atoms with Crippen molar-refractivity contribution in [2.45, 2.75) is 25.8 Å². The van der Waals surface area contributed by atoms with Crippen molar-refractivity contribution in [1.29, 1.82) is 5.26 Å². The van der Waals surface area contributed by atoms with Crippen LogP contribution in [0.1, 0.15) is 24.1 Å². The SMILES string of the molecule is CN(C)c1cc2c(nn1)CCN(S(=O)(=O)CC1(C#N)CC1)C2. The first-order valence-corrected chi connectivity index (χ1v) is 8.88. The second-order valence-corrected chi connectivity index (χ2v) is 8.27. The number of fused-ring (bicyclic) bond motifs is 1. The fourth-order valence-corrected chi connectivity index (χ4v) is 4.57. The lowest BCUT2D eigenvalue weighted by atomic mass is 10.1. The molecule has 0 radical (unpaired) electrons. The van der Waals surface area contributed by atoms with Crippen LogP contribution < -0.4 is 4.90 Å². The van der Waals surface area contributed by atoms with Crippen LogP contribution in [0.3, 0.4) is 0 Å². The Balaban J connectivity index is 1.81. The Hall–Kier alpha value is -1.72. The number of anilines is 1. The molecule has 0 unspecified atom stereocenters. The minimum absolute atomic E-state index is 0.0646. The summed E-state index contributed by atoms with van der Waals surface area (Å²) in [6.45, 7) is 0.725. The number of aromatic nitrogens is 2. The zero-order valence-corrected chi connectivity index (χ0v) is 13.6. The lowest BCUT2D eigenvalue weighted by Crippen LogP contribution is -2.39. The predicted molar refractivity (Wildman–Crippen MR) is 81.5 cm³/mol. The number of nitrogens with zero attached hydrogens (tertiary/aromatic N) is 5. The molecule has 0 N–H and O–H groups in total. The third-order valence-electron chi connectivity index (χ3n) is 4.29. The Morgan fingerprint density at radius 1 is 1.41 bits per heavy atom. The second-order valence-electron chi connectivity index (χ2n) is 6.30. The monoisotopic (exact) mass is 321 g/mol. The van der Waals surface area contributed by atoms with E-state index in [1.807, 2.05) is 25.1 Å². The van der Waals surface area contributed by atoms with Crippen LogP contribution in [0.2, 0.25) is 0 Å². The summed E-state index contributed by atoms with van der Waals surface area (Å²) in [5.41, 5.74) is 1.11. The summed E-state index contributed by atoms with van der Waals surface area (Å²) in [6, 6.07) is 4.05. The number of rotatable bonds is 4.